The molecule has 2 unspecified atom stereocenters. The van der Waals surface area contributed by atoms with Crippen LogP contribution in [-0.2, 0) is 0 Å². The van der Waals surface area contributed by atoms with Gasteiger partial charge in [-0.2, -0.15) is 0 Å². The zero-order valence-corrected chi connectivity index (χ0v) is 11.6. The van der Waals surface area contributed by atoms with E-state index in [1.54, 1.807) is 0 Å². The molecule has 1 aliphatic heterocycles. The van der Waals surface area contributed by atoms with Crippen LogP contribution in [0.3, 0.4) is 0 Å². The Balaban J connectivity index is 1.84. The van der Waals surface area contributed by atoms with Crippen molar-refractivity contribution in [2.75, 3.05) is 6.54 Å². The fourth-order valence-corrected chi connectivity index (χ4v) is 3.32. The molecule has 3 aromatic rings. The Labute approximate surface area is 118 Å². The first-order chi connectivity index (χ1) is 9.83. The Hall–Kier alpha value is -2.06. The van der Waals surface area contributed by atoms with Crippen LogP contribution < -0.4 is 5.32 Å². The molecular weight excluding hydrogens is 244 g/mol. The molecule has 0 saturated heterocycles. The summed E-state index contributed by atoms with van der Waals surface area (Å²) in [6.07, 6.45) is 2.00. The number of benzene rings is 2. The van der Waals surface area contributed by atoms with Crippen LogP contribution in [0.5, 0.6) is 0 Å². The molecule has 0 bridgehead atoms. The van der Waals surface area contributed by atoms with Gasteiger partial charge >= 0.3 is 0 Å². The van der Waals surface area contributed by atoms with Gasteiger partial charge in [0.1, 0.15) is 0 Å². The fraction of sp³-hybridized carbons (Fsp3) is 0.222. The minimum absolute atomic E-state index is 0.443. The number of aromatic amines is 1. The minimum Gasteiger partial charge on any atom is -0.361 e. The zero-order valence-electron chi connectivity index (χ0n) is 11.6. The van der Waals surface area contributed by atoms with Crippen molar-refractivity contribution in [3.8, 4) is 0 Å². The highest BCUT2D eigenvalue weighted by Crippen LogP contribution is 2.35. The van der Waals surface area contributed by atoms with Gasteiger partial charge in [0.25, 0.3) is 0 Å². The predicted molar refractivity (Wildman–Crippen MR) is 83.0 cm³/mol. The molecule has 0 spiro atoms. The highest BCUT2D eigenvalue weighted by atomic mass is 14.9. The monoisotopic (exact) mass is 262 g/mol. The summed E-state index contributed by atoms with van der Waals surface area (Å²) in [4.78, 5) is 3.26. The average molecular weight is 262 g/mol. The van der Waals surface area contributed by atoms with E-state index in [9.17, 15) is 0 Å². The van der Waals surface area contributed by atoms with E-state index in [0.29, 0.717) is 12.0 Å². The molecule has 1 aromatic heterocycles. The Bertz CT molecular complexity index is 757. The molecule has 1 aliphatic rings. The highest BCUT2D eigenvalue weighted by Gasteiger charge is 2.25. The molecule has 0 saturated carbocycles. The van der Waals surface area contributed by atoms with Crippen LogP contribution in [0.2, 0.25) is 0 Å². The third-order valence-electron chi connectivity index (χ3n) is 4.45. The molecule has 2 atom stereocenters. The summed E-state index contributed by atoms with van der Waals surface area (Å²) in [5, 5.41) is 4.91. The highest BCUT2D eigenvalue weighted by molar-refractivity contribution is 5.80. The summed E-state index contributed by atoms with van der Waals surface area (Å²) in [5.41, 5.74) is 5.50. The summed E-state index contributed by atoms with van der Waals surface area (Å²) in [6, 6.07) is 18.1. The van der Waals surface area contributed by atoms with Crippen molar-refractivity contribution >= 4 is 10.9 Å². The van der Waals surface area contributed by atoms with Crippen LogP contribution in [0, 0.1) is 0 Å². The van der Waals surface area contributed by atoms with Gasteiger partial charge in [0, 0.05) is 30.2 Å². The molecule has 0 aliphatic carbocycles. The van der Waals surface area contributed by atoms with E-state index in [2.05, 4.69) is 65.8 Å². The quantitative estimate of drug-likeness (QED) is 0.682. The first-order valence-electron chi connectivity index (χ1n) is 7.22. The van der Waals surface area contributed by atoms with E-state index in [1.165, 1.54) is 27.6 Å². The first-order valence-corrected chi connectivity index (χ1v) is 7.22. The van der Waals surface area contributed by atoms with Crippen molar-refractivity contribution in [2.24, 2.45) is 0 Å². The standard InChI is InChI=1S/C18H18N2/c1-12-15-4-2-3-5-16(15)17(11-20-12)13-6-7-18-14(10-13)8-9-19-18/h2-10,12,17,19-20H,11H2,1H3. The Morgan fingerprint density at radius 2 is 1.85 bits per heavy atom. The van der Waals surface area contributed by atoms with Crippen molar-refractivity contribution in [3.63, 3.8) is 0 Å². The van der Waals surface area contributed by atoms with E-state index < -0.39 is 0 Å². The maximum Gasteiger partial charge on any atom is 0.0454 e. The van der Waals surface area contributed by atoms with Gasteiger partial charge < -0.3 is 10.3 Å². The second-order valence-corrected chi connectivity index (χ2v) is 5.64. The normalized spacial score (nSPS) is 21.9. The molecule has 2 heteroatoms. The molecule has 100 valence electrons. The molecule has 0 amide bonds. The Kier molecular flexibility index (Phi) is 2.64. The van der Waals surface area contributed by atoms with Crippen molar-refractivity contribution in [1.29, 1.82) is 0 Å². The number of aromatic nitrogens is 1. The lowest BCUT2D eigenvalue weighted by atomic mass is 9.83. The largest absolute Gasteiger partial charge is 0.361 e. The van der Waals surface area contributed by atoms with Crippen LogP contribution in [0.4, 0.5) is 0 Å². The Morgan fingerprint density at radius 3 is 2.75 bits per heavy atom. The van der Waals surface area contributed by atoms with E-state index in [4.69, 9.17) is 0 Å². The van der Waals surface area contributed by atoms with E-state index in [0.717, 1.165) is 6.54 Å². The van der Waals surface area contributed by atoms with Crippen molar-refractivity contribution in [3.05, 3.63) is 71.4 Å². The molecule has 4 rings (SSSR count). The van der Waals surface area contributed by atoms with Gasteiger partial charge in [-0.25, -0.2) is 0 Å². The smallest absolute Gasteiger partial charge is 0.0454 e. The molecule has 2 aromatic carbocycles. The van der Waals surface area contributed by atoms with E-state index >= 15 is 0 Å². The van der Waals surface area contributed by atoms with Crippen molar-refractivity contribution in [2.45, 2.75) is 18.9 Å². The van der Waals surface area contributed by atoms with Gasteiger partial charge in [-0.15, -0.1) is 0 Å². The molecule has 2 nitrogen and oxygen atoms in total. The SMILES string of the molecule is CC1NCC(c2ccc3[nH]ccc3c2)c2ccccc21. The van der Waals surface area contributed by atoms with Crippen LogP contribution in [0.25, 0.3) is 10.9 Å². The predicted octanol–water partition coefficient (Wildman–Crippen LogP) is 3.96. The molecule has 2 heterocycles. The van der Waals surface area contributed by atoms with Gasteiger partial charge in [-0.3, -0.25) is 0 Å². The number of H-pyrrole nitrogens is 1. The number of hydrogen-bond acceptors (Lipinski definition) is 1. The molecule has 2 N–H and O–H groups in total. The van der Waals surface area contributed by atoms with Crippen molar-refractivity contribution < 1.29 is 0 Å². The van der Waals surface area contributed by atoms with Crippen molar-refractivity contribution in [1.82, 2.24) is 10.3 Å². The maximum atomic E-state index is 3.62. The lowest BCUT2D eigenvalue weighted by Gasteiger charge is -2.31. The average Bonchev–Trinajstić information content (AvgIpc) is 2.95. The second kappa shape index (κ2) is 4.50. The fourth-order valence-electron chi connectivity index (χ4n) is 3.32. The molecule has 0 radical (unpaired) electrons. The Morgan fingerprint density at radius 1 is 1.00 bits per heavy atom. The summed E-state index contributed by atoms with van der Waals surface area (Å²) in [7, 11) is 0. The zero-order chi connectivity index (χ0) is 13.5. The lowest BCUT2D eigenvalue weighted by Crippen LogP contribution is -2.31. The number of rotatable bonds is 1. The van der Waals surface area contributed by atoms with Crippen LogP contribution in [-0.4, -0.2) is 11.5 Å². The first kappa shape index (κ1) is 11.7. The number of hydrogen-bond donors (Lipinski definition) is 2. The summed E-state index contributed by atoms with van der Waals surface area (Å²) < 4.78 is 0. The summed E-state index contributed by atoms with van der Waals surface area (Å²) in [5.74, 6) is 0.446. The minimum atomic E-state index is 0.443. The van der Waals surface area contributed by atoms with Gasteiger partial charge in [0.2, 0.25) is 0 Å². The number of fused-ring (bicyclic) bond motifs is 2. The molecular formula is C18H18N2. The van der Waals surface area contributed by atoms with Crippen LogP contribution in [0.15, 0.2) is 54.7 Å². The molecule has 0 fully saturated rings. The van der Waals surface area contributed by atoms with Gasteiger partial charge in [0.15, 0.2) is 0 Å². The van der Waals surface area contributed by atoms with Gasteiger partial charge in [-0.05, 0) is 47.2 Å². The number of nitrogens with one attached hydrogen (secondary N) is 2. The third-order valence-corrected chi connectivity index (χ3v) is 4.45. The van der Waals surface area contributed by atoms with Gasteiger partial charge in [0.05, 0.1) is 0 Å². The second-order valence-electron chi connectivity index (χ2n) is 5.64. The van der Waals surface area contributed by atoms with E-state index in [-0.39, 0.29) is 0 Å². The topological polar surface area (TPSA) is 27.8 Å². The summed E-state index contributed by atoms with van der Waals surface area (Å²) >= 11 is 0. The summed E-state index contributed by atoms with van der Waals surface area (Å²) in [6.45, 7) is 3.25. The third kappa shape index (κ3) is 1.76. The van der Waals surface area contributed by atoms with Crippen LogP contribution in [0.1, 0.15) is 35.6 Å². The molecule has 20 heavy (non-hydrogen) atoms. The van der Waals surface area contributed by atoms with E-state index in [1.807, 2.05) is 6.20 Å². The lowest BCUT2D eigenvalue weighted by molar-refractivity contribution is 0.508. The van der Waals surface area contributed by atoms with Gasteiger partial charge in [-0.1, -0.05) is 30.3 Å². The maximum absolute atomic E-state index is 3.62. The van der Waals surface area contributed by atoms with Crippen LogP contribution >= 0.6 is 0 Å².